The molecule has 0 radical (unpaired) electrons. The number of esters is 1. The molecule has 8 unspecified atom stereocenters. The molecule has 6 N–H and O–H groups in total. The Balaban J connectivity index is 2.73. The molecule has 1 amide bonds. The molecule has 0 aliphatic carbocycles. The van der Waals surface area contributed by atoms with Crippen LogP contribution in [0.1, 0.15) is 265 Å². The molecular formula is C59H109NO10. The van der Waals surface area contributed by atoms with Crippen LogP contribution in [0.5, 0.6) is 0 Å². The summed E-state index contributed by atoms with van der Waals surface area (Å²) < 4.78 is 17.6. The van der Waals surface area contributed by atoms with Crippen molar-refractivity contribution in [1.29, 1.82) is 0 Å². The maximum atomic E-state index is 13.4. The highest BCUT2D eigenvalue weighted by Crippen LogP contribution is 2.26. The van der Waals surface area contributed by atoms with Crippen molar-refractivity contribution >= 4 is 11.9 Å². The van der Waals surface area contributed by atoms with Gasteiger partial charge in [0.05, 0.1) is 25.4 Å². The van der Waals surface area contributed by atoms with Gasteiger partial charge in [-0.15, -0.1) is 0 Å². The first kappa shape index (κ1) is 65.9. The lowest BCUT2D eigenvalue weighted by atomic mass is 9.99. The van der Waals surface area contributed by atoms with Crippen LogP contribution < -0.4 is 5.32 Å². The predicted molar refractivity (Wildman–Crippen MR) is 287 cm³/mol. The third kappa shape index (κ3) is 35.9. The molecule has 11 nitrogen and oxygen atoms in total. The molecular weight excluding hydrogens is 883 g/mol. The smallest absolute Gasteiger partial charge is 0.306 e. The van der Waals surface area contributed by atoms with Gasteiger partial charge in [-0.1, -0.05) is 237 Å². The van der Waals surface area contributed by atoms with E-state index >= 15 is 0 Å². The molecule has 70 heavy (non-hydrogen) atoms. The standard InChI is InChI=1S/C59H109NO10/c1-4-7-10-13-16-19-22-25-26-27-29-31-34-37-40-43-46-52(63)58(67)60-50(51(62)45-42-39-36-33-30-24-21-18-15-12-9-6-3)49-68-59-57(56(66)55(65)53(48-61)69-59)70-54(64)47-44-41-38-35-32-28-23-20-17-14-11-8-5-2/h16,19,25-26,42,45,50-53,55-57,59,61-63,65-66H,4-15,17-18,20-24,27-41,43-44,46-49H2,1-3H3,(H,60,67)/b19-16-,26-25-,45-42+. The van der Waals surface area contributed by atoms with E-state index in [1.165, 1.54) is 135 Å². The molecule has 1 heterocycles. The fourth-order valence-corrected chi connectivity index (χ4v) is 9.09. The van der Waals surface area contributed by atoms with Crippen molar-refractivity contribution in [2.75, 3.05) is 13.2 Å². The predicted octanol–water partition coefficient (Wildman–Crippen LogP) is 13.1. The lowest BCUT2D eigenvalue weighted by Gasteiger charge is -2.41. The number of unbranched alkanes of at least 4 members (excludes halogenated alkanes) is 31. The van der Waals surface area contributed by atoms with Gasteiger partial charge in [-0.2, -0.15) is 0 Å². The normalized spacial score (nSPS) is 19.9. The van der Waals surface area contributed by atoms with Gasteiger partial charge in [0.15, 0.2) is 12.4 Å². The molecule has 1 rings (SSSR count). The summed E-state index contributed by atoms with van der Waals surface area (Å²) in [5.74, 6) is -1.20. The largest absolute Gasteiger partial charge is 0.454 e. The molecule has 11 heteroatoms. The third-order valence-corrected chi connectivity index (χ3v) is 13.8. The Morgan fingerprint density at radius 3 is 1.49 bits per heavy atom. The third-order valence-electron chi connectivity index (χ3n) is 13.8. The molecule has 0 spiro atoms. The second kappa shape index (κ2) is 47.9. The van der Waals surface area contributed by atoms with Crippen LogP contribution in [0.25, 0.3) is 0 Å². The minimum atomic E-state index is -1.61. The highest BCUT2D eigenvalue weighted by molar-refractivity contribution is 5.80. The topological polar surface area (TPSA) is 175 Å². The van der Waals surface area contributed by atoms with E-state index in [0.717, 1.165) is 83.5 Å². The summed E-state index contributed by atoms with van der Waals surface area (Å²) in [6.07, 6.45) is 44.7. The molecule has 1 fully saturated rings. The van der Waals surface area contributed by atoms with E-state index in [9.17, 15) is 35.1 Å². The molecule has 0 aromatic heterocycles. The van der Waals surface area contributed by atoms with Crippen molar-refractivity contribution in [3.05, 3.63) is 36.5 Å². The number of amides is 1. The Kier molecular flexibility index (Phi) is 45.1. The number of carbonyl (C=O) groups is 2. The summed E-state index contributed by atoms with van der Waals surface area (Å²) in [4.78, 5) is 26.4. The van der Waals surface area contributed by atoms with Gasteiger partial charge in [0.25, 0.3) is 0 Å². The lowest BCUT2D eigenvalue weighted by molar-refractivity contribution is -0.305. The molecule has 410 valence electrons. The Labute approximate surface area is 428 Å². The zero-order chi connectivity index (χ0) is 51.1. The Morgan fingerprint density at radius 1 is 0.557 bits per heavy atom. The quantitative estimate of drug-likeness (QED) is 0.0195. The molecule has 0 aromatic carbocycles. The number of aliphatic hydroxyl groups excluding tert-OH is 5. The number of rotatable bonds is 49. The van der Waals surface area contributed by atoms with Crippen molar-refractivity contribution < 1.29 is 49.3 Å². The summed E-state index contributed by atoms with van der Waals surface area (Å²) in [6, 6.07) is -1.02. The van der Waals surface area contributed by atoms with E-state index in [2.05, 4.69) is 50.4 Å². The van der Waals surface area contributed by atoms with Crippen molar-refractivity contribution in [1.82, 2.24) is 5.32 Å². The number of hydrogen-bond acceptors (Lipinski definition) is 10. The molecule has 0 saturated carbocycles. The number of hydrogen-bond donors (Lipinski definition) is 6. The molecule has 1 aliphatic heterocycles. The minimum absolute atomic E-state index is 0.127. The maximum absolute atomic E-state index is 13.4. The summed E-state index contributed by atoms with van der Waals surface area (Å²) in [5, 5.41) is 56.8. The van der Waals surface area contributed by atoms with Crippen molar-refractivity contribution in [3.8, 4) is 0 Å². The first-order valence-corrected chi connectivity index (χ1v) is 29.3. The van der Waals surface area contributed by atoms with Crippen LogP contribution in [-0.2, 0) is 23.8 Å². The van der Waals surface area contributed by atoms with Gasteiger partial charge in [-0.25, -0.2) is 0 Å². The maximum Gasteiger partial charge on any atom is 0.306 e. The number of allylic oxidation sites excluding steroid dienone is 5. The molecule has 0 aromatic rings. The fourth-order valence-electron chi connectivity index (χ4n) is 9.09. The van der Waals surface area contributed by atoms with Gasteiger partial charge in [-0.3, -0.25) is 9.59 Å². The van der Waals surface area contributed by atoms with Gasteiger partial charge in [0, 0.05) is 6.42 Å². The number of ether oxygens (including phenoxy) is 3. The summed E-state index contributed by atoms with van der Waals surface area (Å²) >= 11 is 0. The zero-order valence-corrected chi connectivity index (χ0v) is 45.1. The highest BCUT2D eigenvalue weighted by Gasteiger charge is 2.47. The molecule has 1 aliphatic rings. The Bertz CT molecular complexity index is 1280. The van der Waals surface area contributed by atoms with E-state index in [0.29, 0.717) is 12.8 Å². The van der Waals surface area contributed by atoms with Crippen LogP contribution in [0.4, 0.5) is 0 Å². The van der Waals surface area contributed by atoms with Crippen molar-refractivity contribution in [2.24, 2.45) is 0 Å². The van der Waals surface area contributed by atoms with Crippen LogP contribution >= 0.6 is 0 Å². The molecule has 8 atom stereocenters. The Morgan fingerprint density at radius 2 is 0.986 bits per heavy atom. The van der Waals surface area contributed by atoms with E-state index in [4.69, 9.17) is 14.2 Å². The van der Waals surface area contributed by atoms with E-state index in [1.807, 2.05) is 6.08 Å². The first-order valence-electron chi connectivity index (χ1n) is 29.3. The van der Waals surface area contributed by atoms with Crippen LogP contribution in [0.2, 0.25) is 0 Å². The number of carbonyl (C=O) groups excluding carboxylic acids is 2. The van der Waals surface area contributed by atoms with Crippen LogP contribution in [0.15, 0.2) is 36.5 Å². The van der Waals surface area contributed by atoms with Crippen molar-refractivity contribution in [3.63, 3.8) is 0 Å². The van der Waals surface area contributed by atoms with Gasteiger partial charge < -0.3 is 45.1 Å². The highest BCUT2D eigenvalue weighted by atomic mass is 16.7. The number of aliphatic hydroxyl groups is 5. The van der Waals surface area contributed by atoms with E-state index in [1.54, 1.807) is 6.08 Å². The fraction of sp³-hybridized carbons (Fsp3) is 0.864. The average Bonchev–Trinajstić information content (AvgIpc) is 3.36. The minimum Gasteiger partial charge on any atom is -0.454 e. The molecule has 0 bridgehead atoms. The SMILES string of the molecule is CCCCC/C=C\C/C=C\CCCCCCCCC(O)C(=O)NC(COC1OC(CO)C(O)C(O)C1OC(=O)CCCCCCCCCCCCCCC)C(O)/C=C/CCCCCCCCCCCC. The first-order chi connectivity index (χ1) is 34.2. The summed E-state index contributed by atoms with van der Waals surface area (Å²) in [5.41, 5.74) is 0. The van der Waals surface area contributed by atoms with Gasteiger partial charge in [-0.05, 0) is 57.8 Å². The Hall–Kier alpha value is -2.12. The summed E-state index contributed by atoms with van der Waals surface area (Å²) in [7, 11) is 0. The molecule has 1 saturated heterocycles. The average molecular weight is 993 g/mol. The lowest BCUT2D eigenvalue weighted by Crippen LogP contribution is -2.61. The monoisotopic (exact) mass is 992 g/mol. The van der Waals surface area contributed by atoms with Crippen LogP contribution in [0, 0.1) is 0 Å². The summed E-state index contributed by atoms with van der Waals surface area (Å²) in [6.45, 7) is 5.75. The zero-order valence-electron chi connectivity index (χ0n) is 45.1. The second-order valence-corrected chi connectivity index (χ2v) is 20.4. The van der Waals surface area contributed by atoms with Crippen LogP contribution in [-0.4, -0.2) is 99.6 Å². The van der Waals surface area contributed by atoms with Gasteiger partial charge in [0.2, 0.25) is 5.91 Å². The van der Waals surface area contributed by atoms with Gasteiger partial charge in [0.1, 0.15) is 24.4 Å². The van der Waals surface area contributed by atoms with E-state index < -0.39 is 67.4 Å². The van der Waals surface area contributed by atoms with Gasteiger partial charge >= 0.3 is 5.97 Å². The van der Waals surface area contributed by atoms with Crippen LogP contribution in [0.3, 0.4) is 0 Å². The number of nitrogens with one attached hydrogen (secondary N) is 1. The van der Waals surface area contributed by atoms with E-state index in [-0.39, 0.29) is 19.4 Å². The second-order valence-electron chi connectivity index (χ2n) is 20.4. The van der Waals surface area contributed by atoms with Crippen molar-refractivity contribution in [2.45, 2.75) is 314 Å².